The summed E-state index contributed by atoms with van der Waals surface area (Å²) in [7, 11) is 0. The fraction of sp³-hybridized carbons (Fsp3) is 0.240. The van der Waals surface area contributed by atoms with Crippen molar-refractivity contribution in [3.63, 3.8) is 0 Å². The van der Waals surface area contributed by atoms with E-state index in [1.807, 2.05) is 30.6 Å². The maximum absolute atomic E-state index is 4.68. The van der Waals surface area contributed by atoms with Gasteiger partial charge < -0.3 is 37.2 Å². The van der Waals surface area contributed by atoms with Gasteiger partial charge in [-0.1, -0.05) is 41.5 Å². The van der Waals surface area contributed by atoms with Crippen LogP contribution in [0.15, 0.2) is 52.4 Å². The van der Waals surface area contributed by atoms with Gasteiger partial charge in [0.05, 0.1) is 35.2 Å². The summed E-state index contributed by atoms with van der Waals surface area (Å²) < 4.78 is 0. The van der Waals surface area contributed by atoms with E-state index in [1.165, 1.54) is 33.4 Å². The zero-order valence-corrected chi connectivity index (χ0v) is 22.4. The summed E-state index contributed by atoms with van der Waals surface area (Å²) in [5.74, 6) is 0. The van der Waals surface area contributed by atoms with Crippen LogP contribution in [0.5, 0.6) is 0 Å². The monoisotopic (exact) mass is 530 g/mol. The minimum Gasteiger partial charge on any atom is -1.00 e. The molecular formula is C25H27Cl3FeN3. The SMILES string of the molecule is Cc1cc(C)c(N=Cc2cccc(C=Nc3c(C)cc(C)cc3C)n2)c(C)c1.[Cl-].[Cl-].[Cl-].[Fe+3]. The van der Waals surface area contributed by atoms with Crippen LogP contribution in [0, 0.1) is 41.5 Å². The summed E-state index contributed by atoms with van der Waals surface area (Å²) in [5, 5.41) is 0. The summed E-state index contributed by atoms with van der Waals surface area (Å²) >= 11 is 0. The maximum Gasteiger partial charge on any atom is 3.00 e. The Morgan fingerprint density at radius 1 is 0.594 bits per heavy atom. The van der Waals surface area contributed by atoms with Crippen LogP contribution in [0.4, 0.5) is 11.4 Å². The molecule has 1 radical (unpaired) electrons. The summed E-state index contributed by atoms with van der Waals surface area (Å²) in [5.41, 5.74) is 10.9. The third-order valence-corrected chi connectivity index (χ3v) is 4.71. The molecule has 32 heavy (non-hydrogen) atoms. The van der Waals surface area contributed by atoms with Crippen molar-refractivity contribution in [2.45, 2.75) is 41.5 Å². The first-order valence-corrected chi connectivity index (χ1v) is 9.54. The minimum absolute atomic E-state index is 0. The molecular weight excluding hydrogens is 505 g/mol. The molecule has 0 atom stereocenters. The smallest absolute Gasteiger partial charge is 1.00 e. The molecule has 0 aliphatic rings. The summed E-state index contributed by atoms with van der Waals surface area (Å²) in [6.07, 6.45) is 3.65. The van der Waals surface area contributed by atoms with E-state index >= 15 is 0 Å². The molecule has 3 nitrogen and oxygen atoms in total. The van der Waals surface area contributed by atoms with Crippen molar-refractivity contribution in [2.75, 3.05) is 0 Å². The molecule has 171 valence electrons. The molecule has 7 heteroatoms. The van der Waals surface area contributed by atoms with Gasteiger partial charge in [0.25, 0.3) is 0 Å². The number of hydrogen-bond donors (Lipinski definition) is 0. The number of nitrogens with zero attached hydrogens (tertiary/aromatic N) is 3. The van der Waals surface area contributed by atoms with Crippen LogP contribution >= 0.6 is 0 Å². The topological polar surface area (TPSA) is 37.6 Å². The van der Waals surface area contributed by atoms with E-state index in [0.717, 1.165) is 22.8 Å². The molecule has 1 heterocycles. The Balaban J connectivity index is 0. The van der Waals surface area contributed by atoms with Gasteiger partial charge in [-0.2, -0.15) is 0 Å². The summed E-state index contributed by atoms with van der Waals surface area (Å²) in [4.78, 5) is 14.0. The quantitative estimate of drug-likeness (QED) is 0.270. The maximum atomic E-state index is 4.68. The van der Waals surface area contributed by atoms with Gasteiger partial charge in [0, 0.05) is 0 Å². The van der Waals surface area contributed by atoms with Crippen molar-refractivity contribution in [1.82, 2.24) is 4.98 Å². The number of pyridine rings is 1. The molecule has 0 aliphatic heterocycles. The molecule has 0 amide bonds. The Morgan fingerprint density at radius 2 is 0.906 bits per heavy atom. The van der Waals surface area contributed by atoms with Crippen molar-refractivity contribution in [3.8, 4) is 0 Å². The first-order valence-electron chi connectivity index (χ1n) is 9.54. The molecule has 0 saturated heterocycles. The molecule has 0 aliphatic carbocycles. The van der Waals surface area contributed by atoms with Crippen LogP contribution in [0.3, 0.4) is 0 Å². The normalized spacial score (nSPS) is 10.2. The van der Waals surface area contributed by atoms with E-state index in [9.17, 15) is 0 Å². The van der Waals surface area contributed by atoms with Gasteiger partial charge >= 0.3 is 17.1 Å². The van der Waals surface area contributed by atoms with Crippen molar-refractivity contribution in [3.05, 3.63) is 87.2 Å². The molecule has 2 aromatic carbocycles. The van der Waals surface area contributed by atoms with Gasteiger partial charge in [0.2, 0.25) is 0 Å². The second-order valence-electron chi connectivity index (χ2n) is 7.50. The molecule has 0 N–H and O–H groups in total. The number of halogens is 3. The van der Waals surface area contributed by atoms with Gasteiger partial charge in [-0.15, -0.1) is 0 Å². The fourth-order valence-electron chi connectivity index (χ4n) is 3.63. The van der Waals surface area contributed by atoms with Crippen LogP contribution in [-0.2, 0) is 17.1 Å². The second kappa shape index (κ2) is 14.5. The van der Waals surface area contributed by atoms with E-state index in [1.54, 1.807) is 0 Å². The van der Waals surface area contributed by atoms with Crippen LogP contribution in [-0.4, -0.2) is 17.4 Å². The third-order valence-electron chi connectivity index (χ3n) is 4.71. The van der Waals surface area contributed by atoms with Gasteiger partial charge in [-0.3, -0.25) is 9.98 Å². The molecule has 0 spiro atoms. The number of aliphatic imine (C=N–C) groups is 2. The summed E-state index contributed by atoms with van der Waals surface area (Å²) in [6, 6.07) is 14.5. The molecule has 3 rings (SSSR count). The molecule has 0 fully saturated rings. The Morgan fingerprint density at radius 3 is 1.22 bits per heavy atom. The first-order chi connectivity index (χ1) is 13.3. The first kappa shape index (κ1) is 32.5. The van der Waals surface area contributed by atoms with Crippen LogP contribution in [0.2, 0.25) is 0 Å². The minimum atomic E-state index is 0. The number of rotatable bonds is 4. The van der Waals surface area contributed by atoms with E-state index in [-0.39, 0.29) is 54.3 Å². The molecule has 0 saturated carbocycles. The Hall–Kier alpha value is -1.68. The molecule has 1 aromatic heterocycles. The third kappa shape index (κ3) is 8.35. The largest absolute Gasteiger partial charge is 3.00 e. The van der Waals surface area contributed by atoms with E-state index in [0.29, 0.717) is 0 Å². The Kier molecular flexibility index (Phi) is 14.7. The van der Waals surface area contributed by atoms with Crippen molar-refractivity contribution in [2.24, 2.45) is 9.98 Å². The van der Waals surface area contributed by atoms with Crippen LogP contribution < -0.4 is 37.2 Å². The molecule has 0 bridgehead atoms. The molecule has 3 aromatic rings. The zero-order valence-electron chi connectivity index (χ0n) is 19.0. The number of aromatic nitrogens is 1. The second-order valence-corrected chi connectivity index (χ2v) is 7.50. The van der Waals surface area contributed by atoms with Gasteiger partial charge in [0.1, 0.15) is 0 Å². The zero-order chi connectivity index (χ0) is 20.3. The fourth-order valence-corrected chi connectivity index (χ4v) is 3.63. The van der Waals surface area contributed by atoms with Gasteiger partial charge in [-0.05, 0) is 75.9 Å². The average Bonchev–Trinajstić information content (AvgIpc) is 2.60. The van der Waals surface area contributed by atoms with Crippen molar-refractivity contribution < 1.29 is 54.3 Å². The van der Waals surface area contributed by atoms with Crippen LogP contribution in [0.1, 0.15) is 44.8 Å². The van der Waals surface area contributed by atoms with E-state index in [4.69, 9.17) is 0 Å². The van der Waals surface area contributed by atoms with E-state index in [2.05, 4.69) is 80.8 Å². The van der Waals surface area contributed by atoms with Gasteiger partial charge in [0.15, 0.2) is 0 Å². The average molecular weight is 532 g/mol. The Bertz CT molecular complexity index is 967. The van der Waals surface area contributed by atoms with Crippen molar-refractivity contribution in [1.29, 1.82) is 0 Å². The Labute approximate surface area is 221 Å². The number of benzene rings is 2. The van der Waals surface area contributed by atoms with E-state index < -0.39 is 0 Å². The van der Waals surface area contributed by atoms with Gasteiger partial charge in [-0.25, -0.2) is 4.98 Å². The number of aryl methyl sites for hydroxylation is 6. The van der Waals surface area contributed by atoms with Crippen LogP contribution in [0.25, 0.3) is 0 Å². The van der Waals surface area contributed by atoms with Crippen molar-refractivity contribution >= 4 is 23.8 Å². The molecule has 0 unspecified atom stereocenters. The summed E-state index contributed by atoms with van der Waals surface area (Å²) in [6.45, 7) is 12.6. The number of hydrogen-bond acceptors (Lipinski definition) is 3. The predicted octanol–water partition coefficient (Wildman–Crippen LogP) is -2.56. The standard InChI is InChI=1S/C25H27N3.3ClH.Fe/c1-16-10-18(3)24(19(4)11-16)26-14-22-8-7-9-23(28-22)15-27-25-20(5)12-17(2)13-21(25)6;;;;/h7-15H,1-6H3;3*1H;/q;;;;+3/p-3. The predicted molar refractivity (Wildman–Crippen MR) is 120 cm³/mol.